The Kier molecular flexibility index (Phi) is 7.91. The topological polar surface area (TPSA) is 29.5 Å². The molecule has 1 atom stereocenters. The van der Waals surface area contributed by atoms with Gasteiger partial charge < -0.3 is 9.64 Å². The number of ether oxygens (including phenoxy) is 1. The molecule has 0 saturated heterocycles. The standard InChI is InChI=1S/C18H27NO2S.ClH/c1-5-19(6-2)11-10-18(17(20)21-4)16-13-14(3)7-8-15(16)9-12-22-18;/h7-8,13H,5-6,9-12H2,1-4H3;1H. The number of carbonyl (C=O) groups excluding carboxylic acids is 1. The lowest BCUT2D eigenvalue weighted by atomic mass is 9.87. The van der Waals surface area contributed by atoms with Crippen molar-refractivity contribution in [3.63, 3.8) is 0 Å². The maximum Gasteiger partial charge on any atom is 0.326 e. The molecule has 0 saturated carbocycles. The van der Waals surface area contributed by atoms with E-state index in [9.17, 15) is 4.79 Å². The van der Waals surface area contributed by atoms with Crippen LogP contribution in [0.2, 0.25) is 0 Å². The highest BCUT2D eigenvalue weighted by atomic mass is 35.5. The zero-order chi connectivity index (χ0) is 16.2. The first-order valence-electron chi connectivity index (χ1n) is 8.12. The second kappa shape index (κ2) is 8.95. The number of rotatable bonds is 6. The van der Waals surface area contributed by atoms with Gasteiger partial charge in [-0.3, -0.25) is 4.79 Å². The van der Waals surface area contributed by atoms with Crippen LogP contribution >= 0.6 is 24.2 Å². The number of esters is 1. The summed E-state index contributed by atoms with van der Waals surface area (Å²) in [4.78, 5) is 15.1. The monoisotopic (exact) mass is 357 g/mol. The third-order valence-corrected chi connectivity index (χ3v) is 6.10. The van der Waals surface area contributed by atoms with Gasteiger partial charge in [-0.05, 0) is 49.7 Å². The lowest BCUT2D eigenvalue weighted by Gasteiger charge is -2.37. The summed E-state index contributed by atoms with van der Waals surface area (Å²) in [5.41, 5.74) is 3.68. The number of methoxy groups -OCH3 is 1. The van der Waals surface area contributed by atoms with Gasteiger partial charge in [0.15, 0.2) is 0 Å². The van der Waals surface area contributed by atoms with Crippen molar-refractivity contribution in [3.8, 4) is 0 Å². The molecule has 0 radical (unpaired) electrons. The van der Waals surface area contributed by atoms with E-state index >= 15 is 0 Å². The Bertz CT molecular complexity index is 534. The number of benzene rings is 1. The van der Waals surface area contributed by atoms with Gasteiger partial charge in [0.05, 0.1) is 7.11 Å². The van der Waals surface area contributed by atoms with Crippen molar-refractivity contribution in [3.05, 3.63) is 34.9 Å². The molecule has 0 spiro atoms. The van der Waals surface area contributed by atoms with Gasteiger partial charge in [0.2, 0.25) is 0 Å². The number of thioether (sulfide) groups is 1. The van der Waals surface area contributed by atoms with Crippen LogP contribution in [-0.2, 0) is 20.7 Å². The smallest absolute Gasteiger partial charge is 0.326 e. The summed E-state index contributed by atoms with van der Waals surface area (Å²) >= 11 is 1.76. The molecule has 0 fully saturated rings. The lowest BCUT2D eigenvalue weighted by molar-refractivity contribution is -0.144. The molecule has 0 amide bonds. The summed E-state index contributed by atoms with van der Waals surface area (Å²) < 4.78 is 4.67. The van der Waals surface area contributed by atoms with Gasteiger partial charge in [0.1, 0.15) is 4.75 Å². The zero-order valence-electron chi connectivity index (χ0n) is 14.6. The van der Waals surface area contributed by atoms with E-state index in [1.54, 1.807) is 11.8 Å². The molecular weight excluding hydrogens is 330 g/mol. The molecule has 1 aromatic rings. The highest BCUT2D eigenvalue weighted by molar-refractivity contribution is 8.01. The Morgan fingerprint density at radius 1 is 1.35 bits per heavy atom. The molecule has 2 rings (SSSR count). The third kappa shape index (κ3) is 4.23. The minimum Gasteiger partial charge on any atom is -0.468 e. The van der Waals surface area contributed by atoms with Gasteiger partial charge in [-0.1, -0.05) is 37.6 Å². The second-order valence-corrected chi connectivity index (χ2v) is 7.25. The molecule has 130 valence electrons. The average molecular weight is 358 g/mol. The first-order valence-corrected chi connectivity index (χ1v) is 9.10. The summed E-state index contributed by atoms with van der Waals surface area (Å²) in [5.74, 6) is 0.875. The van der Waals surface area contributed by atoms with Gasteiger partial charge in [-0.2, -0.15) is 0 Å². The van der Waals surface area contributed by atoms with Crippen LogP contribution in [-0.4, -0.2) is 43.4 Å². The van der Waals surface area contributed by atoms with Gasteiger partial charge in [-0.25, -0.2) is 0 Å². The lowest BCUT2D eigenvalue weighted by Crippen LogP contribution is -2.41. The van der Waals surface area contributed by atoms with Crippen LogP contribution < -0.4 is 0 Å². The Morgan fingerprint density at radius 2 is 2.04 bits per heavy atom. The number of hydrogen-bond acceptors (Lipinski definition) is 4. The molecule has 0 bridgehead atoms. The minimum absolute atomic E-state index is 0. The van der Waals surface area contributed by atoms with Crippen molar-refractivity contribution in [2.24, 2.45) is 0 Å². The van der Waals surface area contributed by atoms with E-state index in [2.05, 4.69) is 43.9 Å². The Hall–Kier alpha value is -0.710. The van der Waals surface area contributed by atoms with Crippen molar-refractivity contribution >= 4 is 30.1 Å². The van der Waals surface area contributed by atoms with Gasteiger partial charge in [0.25, 0.3) is 0 Å². The fraction of sp³-hybridized carbons (Fsp3) is 0.611. The predicted molar refractivity (Wildman–Crippen MR) is 101 cm³/mol. The van der Waals surface area contributed by atoms with E-state index in [4.69, 9.17) is 4.74 Å². The van der Waals surface area contributed by atoms with E-state index in [-0.39, 0.29) is 18.4 Å². The van der Waals surface area contributed by atoms with Crippen LogP contribution in [0.25, 0.3) is 0 Å². The van der Waals surface area contributed by atoms with E-state index < -0.39 is 4.75 Å². The fourth-order valence-corrected chi connectivity index (χ4v) is 4.65. The molecular formula is C18H28ClNO2S. The Balaban J connectivity index is 0.00000264. The molecule has 1 unspecified atom stereocenters. The van der Waals surface area contributed by atoms with Crippen LogP contribution in [0.5, 0.6) is 0 Å². The average Bonchev–Trinajstić information content (AvgIpc) is 2.55. The highest BCUT2D eigenvalue weighted by Gasteiger charge is 2.45. The first kappa shape index (κ1) is 20.3. The molecule has 23 heavy (non-hydrogen) atoms. The molecule has 1 aromatic carbocycles. The fourth-order valence-electron chi connectivity index (χ4n) is 3.20. The Labute approximate surface area is 150 Å². The van der Waals surface area contributed by atoms with Crippen molar-refractivity contribution in [1.29, 1.82) is 0 Å². The second-order valence-electron chi connectivity index (χ2n) is 5.85. The first-order chi connectivity index (χ1) is 10.6. The number of hydrogen-bond donors (Lipinski definition) is 0. The van der Waals surface area contributed by atoms with Crippen LogP contribution in [0.15, 0.2) is 18.2 Å². The molecule has 1 aliphatic rings. The maximum atomic E-state index is 12.7. The minimum atomic E-state index is -0.545. The SMILES string of the molecule is CCN(CC)CCC1(C(=O)OC)SCCc2ccc(C)cc21.Cl. The molecule has 5 heteroatoms. The van der Waals surface area contributed by atoms with E-state index in [1.807, 2.05) is 0 Å². The summed E-state index contributed by atoms with van der Waals surface area (Å²) in [6, 6.07) is 6.50. The predicted octanol–water partition coefficient (Wildman–Crippen LogP) is 3.81. The van der Waals surface area contributed by atoms with Crippen molar-refractivity contribution < 1.29 is 9.53 Å². The number of halogens is 1. The molecule has 0 N–H and O–H groups in total. The zero-order valence-corrected chi connectivity index (χ0v) is 16.2. The maximum absolute atomic E-state index is 12.7. The molecule has 1 aliphatic heterocycles. The van der Waals surface area contributed by atoms with E-state index in [1.165, 1.54) is 23.8 Å². The van der Waals surface area contributed by atoms with Gasteiger partial charge >= 0.3 is 5.97 Å². The molecule has 0 aromatic heterocycles. The molecule has 3 nitrogen and oxygen atoms in total. The molecule has 1 heterocycles. The van der Waals surface area contributed by atoms with E-state index in [0.29, 0.717) is 0 Å². The van der Waals surface area contributed by atoms with Crippen LogP contribution in [0.1, 0.15) is 37.0 Å². The van der Waals surface area contributed by atoms with Crippen LogP contribution in [0.4, 0.5) is 0 Å². The van der Waals surface area contributed by atoms with E-state index in [0.717, 1.165) is 38.2 Å². The summed E-state index contributed by atoms with van der Waals surface area (Å²) in [6.07, 6.45) is 1.84. The number of nitrogens with zero attached hydrogens (tertiary/aromatic N) is 1. The summed E-state index contributed by atoms with van der Waals surface area (Å²) in [5, 5.41) is 0. The third-order valence-electron chi connectivity index (χ3n) is 4.61. The van der Waals surface area contributed by atoms with Gasteiger partial charge in [0, 0.05) is 6.54 Å². The van der Waals surface area contributed by atoms with Crippen LogP contribution in [0.3, 0.4) is 0 Å². The highest BCUT2D eigenvalue weighted by Crippen LogP contribution is 2.46. The number of aryl methyl sites for hydroxylation is 2. The number of carbonyl (C=O) groups is 1. The quantitative estimate of drug-likeness (QED) is 0.724. The van der Waals surface area contributed by atoms with Crippen LogP contribution in [0, 0.1) is 6.92 Å². The van der Waals surface area contributed by atoms with Crippen molar-refractivity contribution in [1.82, 2.24) is 4.90 Å². The molecule has 0 aliphatic carbocycles. The number of fused-ring (bicyclic) bond motifs is 1. The van der Waals surface area contributed by atoms with Gasteiger partial charge in [-0.15, -0.1) is 24.2 Å². The normalized spacial score (nSPS) is 19.9. The summed E-state index contributed by atoms with van der Waals surface area (Å²) in [6.45, 7) is 9.37. The largest absolute Gasteiger partial charge is 0.468 e. The van der Waals surface area contributed by atoms with Crippen molar-refractivity contribution in [2.75, 3.05) is 32.5 Å². The Morgan fingerprint density at radius 3 is 2.65 bits per heavy atom. The summed E-state index contributed by atoms with van der Waals surface area (Å²) in [7, 11) is 1.51. The van der Waals surface area contributed by atoms with Crippen molar-refractivity contribution in [2.45, 2.75) is 38.4 Å².